The summed E-state index contributed by atoms with van der Waals surface area (Å²) >= 11 is 1.34. The van der Waals surface area contributed by atoms with Crippen molar-refractivity contribution in [2.45, 2.75) is 34.3 Å². The number of anilines is 1. The second kappa shape index (κ2) is 8.48. The van der Waals surface area contributed by atoms with Crippen LogP contribution < -0.4 is 10.1 Å². The van der Waals surface area contributed by atoms with Gasteiger partial charge in [-0.05, 0) is 51.5 Å². The van der Waals surface area contributed by atoms with Crippen molar-refractivity contribution in [2.24, 2.45) is 0 Å². The lowest BCUT2D eigenvalue weighted by molar-refractivity contribution is 0.0601. The highest BCUT2D eigenvalue weighted by molar-refractivity contribution is 7.16. The topological polar surface area (TPSA) is 90.7 Å². The van der Waals surface area contributed by atoms with Gasteiger partial charge in [-0.25, -0.2) is 4.79 Å². The van der Waals surface area contributed by atoms with Crippen molar-refractivity contribution in [1.29, 1.82) is 0 Å². The van der Waals surface area contributed by atoms with Gasteiger partial charge in [0.1, 0.15) is 23.1 Å². The van der Waals surface area contributed by atoms with E-state index in [9.17, 15) is 9.59 Å². The van der Waals surface area contributed by atoms with E-state index in [0.717, 1.165) is 21.7 Å². The van der Waals surface area contributed by atoms with E-state index in [0.29, 0.717) is 34.2 Å². The number of rotatable bonds is 6. The lowest BCUT2D eigenvalue weighted by atomic mass is 10.1. The van der Waals surface area contributed by atoms with Crippen LogP contribution >= 0.6 is 11.3 Å². The summed E-state index contributed by atoms with van der Waals surface area (Å²) in [5.41, 5.74) is 3.26. The molecule has 0 aliphatic heterocycles. The van der Waals surface area contributed by atoms with Gasteiger partial charge in [-0.3, -0.25) is 4.79 Å². The van der Waals surface area contributed by atoms with Crippen LogP contribution in [0.5, 0.6) is 5.75 Å². The molecule has 0 aliphatic rings. The lowest BCUT2D eigenvalue weighted by Crippen LogP contribution is -2.14. The van der Waals surface area contributed by atoms with Gasteiger partial charge in [0.05, 0.1) is 23.9 Å². The first-order chi connectivity index (χ1) is 13.8. The number of carbonyl (C=O) groups excluding carboxylic acids is 2. The van der Waals surface area contributed by atoms with Crippen LogP contribution in [0.2, 0.25) is 0 Å². The molecule has 8 heteroatoms. The Morgan fingerprint density at radius 3 is 2.62 bits per heavy atom. The summed E-state index contributed by atoms with van der Waals surface area (Å²) in [6.45, 7) is 7.69. The fourth-order valence-corrected chi connectivity index (χ4v) is 3.87. The van der Waals surface area contributed by atoms with Gasteiger partial charge < -0.3 is 19.3 Å². The van der Waals surface area contributed by atoms with Gasteiger partial charge in [0.15, 0.2) is 0 Å². The molecule has 0 aliphatic carbocycles. The van der Waals surface area contributed by atoms with Gasteiger partial charge in [-0.2, -0.15) is 0 Å². The van der Waals surface area contributed by atoms with Crippen LogP contribution in [-0.2, 0) is 11.3 Å². The Balaban J connectivity index is 1.77. The van der Waals surface area contributed by atoms with Crippen LogP contribution in [0.15, 0.2) is 28.8 Å². The zero-order chi connectivity index (χ0) is 21.1. The summed E-state index contributed by atoms with van der Waals surface area (Å²) in [6.07, 6.45) is 0. The molecular formula is C21H22N2O5S. The molecule has 2 heterocycles. The average molecular weight is 414 g/mol. The van der Waals surface area contributed by atoms with E-state index >= 15 is 0 Å². The summed E-state index contributed by atoms with van der Waals surface area (Å²) in [7, 11) is 1.32. The first kappa shape index (κ1) is 20.6. The Bertz CT molecular complexity index is 1050. The number of thiophene rings is 1. The molecule has 7 nitrogen and oxygen atoms in total. The number of hydrogen-bond donors (Lipinski definition) is 1. The minimum Gasteiger partial charge on any atom is -0.489 e. The lowest BCUT2D eigenvalue weighted by Gasteiger charge is -2.09. The van der Waals surface area contributed by atoms with Crippen LogP contribution in [0.3, 0.4) is 0 Å². The number of carbonyl (C=O) groups is 2. The maximum Gasteiger partial charge on any atom is 0.341 e. The molecule has 1 amide bonds. The molecule has 0 spiro atoms. The third-order valence-electron chi connectivity index (χ3n) is 4.66. The molecule has 1 aromatic carbocycles. The Morgan fingerprint density at radius 2 is 1.97 bits per heavy atom. The van der Waals surface area contributed by atoms with Gasteiger partial charge in [-0.1, -0.05) is 11.2 Å². The molecule has 0 unspecified atom stereocenters. The van der Waals surface area contributed by atoms with E-state index in [1.807, 2.05) is 27.7 Å². The highest BCUT2D eigenvalue weighted by Gasteiger charge is 2.22. The van der Waals surface area contributed by atoms with Crippen molar-refractivity contribution in [3.63, 3.8) is 0 Å². The van der Waals surface area contributed by atoms with E-state index in [1.54, 1.807) is 24.3 Å². The molecule has 3 rings (SSSR count). The average Bonchev–Trinajstić information content (AvgIpc) is 3.17. The molecule has 29 heavy (non-hydrogen) atoms. The summed E-state index contributed by atoms with van der Waals surface area (Å²) in [5, 5.41) is 7.19. The van der Waals surface area contributed by atoms with Gasteiger partial charge in [0.25, 0.3) is 5.91 Å². The van der Waals surface area contributed by atoms with Gasteiger partial charge in [-0.15, -0.1) is 11.3 Å². The summed E-state index contributed by atoms with van der Waals surface area (Å²) in [4.78, 5) is 25.8. The molecule has 1 N–H and O–H groups in total. The van der Waals surface area contributed by atoms with Gasteiger partial charge in [0.2, 0.25) is 0 Å². The second-order valence-corrected chi connectivity index (χ2v) is 7.78. The number of nitrogens with one attached hydrogen (secondary N) is 1. The van der Waals surface area contributed by atoms with Gasteiger partial charge in [0, 0.05) is 10.4 Å². The zero-order valence-electron chi connectivity index (χ0n) is 16.9. The van der Waals surface area contributed by atoms with Crippen LogP contribution in [0.1, 0.15) is 48.2 Å². The number of methoxy groups -OCH3 is 1. The third kappa shape index (κ3) is 4.32. The van der Waals surface area contributed by atoms with Crippen LogP contribution in [0.25, 0.3) is 0 Å². The van der Waals surface area contributed by atoms with Crippen molar-refractivity contribution in [3.05, 3.63) is 62.9 Å². The first-order valence-electron chi connectivity index (χ1n) is 8.96. The Hall–Kier alpha value is -3.13. The molecule has 0 bridgehead atoms. The van der Waals surface area contributed by atoms with Crippen molar-refractivity contribution in [2.75, 3.05) is 12.4 Å². The van der Waals surface area contributed by atoms with Gasteiger partial charge >= 0.3 is 5.97 Å². The molecule has 152 valence electrons. The van der Waals surface area contributed by atoms with E-state index < -0.39 is 5.97 Å². The monoisotopic (exact) mass is 414 g/mol. The molecule has 3 aromatic rings. The first-order valence-corrected chi connectivity index (χ1v) is 9.77. The number of hydrogen-bond acceptors (Lipinski definition) is 7. The van der Waals surface area contributed by atoms with Crippen LogP contribution in [0, 0.1) is 27.7 Å². The molecule has 0 atom stereocenters. The predicted molar refractivity (Wildman–Crippen MR) is 110 cm³/mol. The number of aromatic nitrogens is 1. The molecular weight excluding hydrogens is 392 g/mol. The number of amides is 1. The summed E-state index contributed by atoms with van der Waals surface area (Å²) < 4.78 is 15.8. The number of nitrogens with zero attached hydrogens (tertiary/aromatic N) is 1. The van der Waals surface area contributed by atoms with E-state index in [1.165, 1.54) is 18.4 Å². The summed E-state index contributed by atoms with van der Waals surface area (Å²) in [6, 6.07) is 6.85. The van der Waals surface area contributed by atoms with Crippen LogP contribution in [0.4, 0.5) is 5.00 Å². The third-order valence-corrected chi connectivity index (χ3v) is 5.79. The fraction of sp³-hybridized carbons (Fsp3) is 0.286. The Labute approximate surface area is 172 Å². The highest BCUT2D eigenvalue weighted by atomic mass is 32.1. The SMILES string of the molecule is COC(=O)c1c(NC(=O)c2cccc(OCc3c(C)noc3C)c2)sc(C)c1C. The maximum absolute atomic E-state index is 12.8. The zero-order valence-corrected chi connectivity index (χ0v) is 17.7. The molecule has 0 saturated carbocycles. The number of aryl methyl sites for hydroxylation is 3. The Kier molecular flexibility index (Phi) is 6.03. The van der Waals surface area contributed by atoms with Crippen molar-refractivity contribution < 1.29 is 23.6 Å². The molecule has 0 fully saturated rings. The minimum atomic E-state index is -0.473. The maximum atomic E-state index is 12.8. The van der Waals surface area contributed by atoms with E-state index in [4.69, 9.17) is 14.0 Å². The molecule has 0 radical (unpaired) electrons. The normalized spacial score (nSPS) is 10.7. The Morgan fingerprint density at radius 1 is 1.21 bits per heavy atom. The van der Waals surface area contributed by atoms with Crippen molar-refractivity contribution in [1.82, 2.24) is 5.16 Å². The molecule has 2 aromatic heterocycles. The molecule has 0 saturated heterocycles. The standard InChI is InChI=1S/C21H22N2O5S/c1-11-14(4)29-20(18(11)21(25)26-5)22-19(24)15-7-6-8-16(9-15)27-10-17-12(2)23-28-13(17)3/h6-9H,10H2,1-5H3,(H,22,24). The quantitative estimate of drug-likeness (QED) is 0.594. The fourth-order valence-electron chi connectivity index (χ4n) is 2.83. The number of esters is 1. The highest BCUT2D eigenvalue weighted by Crippen LogP contribution is 2.33. The second-order valence-electron chi connectivity index (χ2n) is 6.55. The van der Waals surface area contributed by atoms with Crippen LogP contribution in [-0.4, -0.2) is 24.1 Å². The number of benzene rings is 1. The largest absolute Gasteiger partial charge is 0.489 e. The van der Waals surface area contributed by atoms with E-state index in [2.05, 4.69) is 10.5 Å². The van der Waals surface area contributed by atoms with Crippen molar-refractivity contribution >= 4 is 28.2 Å². The van der Waals surface area contributed by atoms with E-state index in [-0.39, 0.29) is 5.91 Å². The predicted octanol–water partition coefficient (Wildman–Crippen LogP) is 4.59. The minimum absolute atomic E-state index is 0.294. The summed E-state index contributed by atoms with van der Waals surface area (Å²) in [5.74, 6) is 0.442. The van der Waals surface area contributed by atoms with Crippen molar-refractivity contribution in [3.8, 4) is 5.75 Å². The number of ether oxygens (including phenoxy) is 2. The smallest absolute Gasteiger partial charge is 0.341 e.